The number of amides is 2. The summed E-state index contributed by atoms with van der Waals surface area (Å²) in [6, 6.07) is 15.9. The molecule has 0 saturated carbocycles. The summed E-state index contributed by atoms with van der Waals surface area (Å²) in [6.07, 6.45) is -0.269. The van der Waals surface area contributed by atoms with Gasteiger partial charge in [-0.2, -0.15) is 0 Å². The van der Waals surface area contributed by atoms with E-state index < -0.39 is 12.1 Å². The van der Waals surface area contributed by atoms with Crippen LogP contribution in [0.2, 0.25) is 0 Å². The lowest BCUT2D eigenvalue weighted by molar-refractivity contribution is -0.176. The van der Waals surface area contributed by atoms with Gasteiger partial charge >= 0.3 is 6.16 Å². The van der Waals surface area contributed by atoms with Gasteiger partial charge in [-0.05, 0) is 28.7 Å². The van der Waals surface area contributed by atoms with Crippen LogP contribution >= 0.6 is 0 Å². The zero-order chi connectivity index (χ0) is 20.5. The Kier molecular flexibility index (Phi) is 7.75. The quantitative estimate of drug-likeness (QED) is 0.426. The van der Waals surface area contributed by atoms with Crippen LogP contribution in [0.15, 0.2) is 48.5 Å². The number of carbonyl (C=O) groups excluding carboxylic acids is 3. The lowest BCUT2D eigenvalue weighted by atomic mass is 9.98. The molecule has 0 heterocycles. The summed E-state index contributed by atoms with van der Waals surface area (Å²) in [6.45, 7) is 5.84. The molecule has 0 N–H and O–H groups in total. The van der Waals surface area contributed by atoms with Crippen LogP contribution in [-0.2, 0) is 19.2 Å². The predicted octanol–water partition coefficient (Wildman–Crippen LogP) is 4.68. The van der Waals surface area contributed by atoms with Crippen LogP contribution in [0.3, 0.4) is 0 Å². The topological polar surface area (TPSA) is 72.9 Å². The van der Waals surface area contributed by atoms with E-state index in [0.717, 1.165) is 22.3 Å². The second-order valence-corrected chi connectivity index (χ2v) is 5.95. The number of imide groups is 1. The number of rotatable bonds is 5. The zero-order valence-electron chi connectivity index (χ0n) is 16.4. The minimum Gasteiger partial charge on any atom is -0.432 e. The number of carbonyl (C=O) groups is 3. The number of fused-ring (bicyclic) bond motifs is 3. The van der Waals surface area contributed by atoms with Crippen molar-refractivity contribution in [1.82, 2.24) is 5.06 Å². The zero-order valence-corrected chi connectivity index (χ0v) is 16.4. The molecule has 0 aliphatic heterocycles. The molecule has 148 valence electrons. The van der Waals surface area contributed by atoms with Crippen LogP contribution in [0, 0.1) is 0 Å². The molecule has 2 aromatic carbocycles. The van der Waals surface area contributed by atoms with Crippen LogP contribution in [0.5, 0.6) is 0 Å². The van der Waals surface area contributed by atoms with E-state index in [1.807, 2.05) is 62.4 Å². The summed E-state index contributed by atoms with van der Waals surface area (Å²) < 4.78 is 5.19. The Morgan fingerprint density at radius 1 is 1.00 bits per heavy atom. The molecule has 0 radical (unpaired) electrons. The predicted molar refractivity (Wildman–Crippen MR) is 105 cm³/mol. The summed E-state index contributed by atoms with van der Waals surface area (Å²) in [5.41, 5.74) is 4.35. The Labute approximate surface area is 165 Å². The van der Waals surface area contributed by atoms with Gasteiger partial charge in [-0.15, -0.1) is 5.06 Å². The second-order valence-electron chi connectivity index (χ2n) is 5.95. The summed E-state index contributed by atoms with van der Waals surface area (Å²) in [4.78, 5) is 39.2. The van der Waals surface area contributed by atoms with Gasteiger partial charge in [0.25, 0.3) is 12.3 Å². The lowest BCUT2D eigenvalue weighted by Crippen LogP contribution is -2.32. The molecule has 0 saturated heterocycles. The first kappa shape index (κ1) is 21.2. The minimum absolute atomic E-state index is 0.0571. The van der Waals surface area contributed by atoms with Crippen molar-refractivity contribution in [3.8, 4) is 11.1 Å². The van der Waals surface area contributed by atoms with Crippen LogP contribution in [0.25, 0.3) is 11.1 Å². The van der Waals surface area contributed by atoms with Gasteiger partial charge in [0, 0.05) is 12.3 Å². The molecule has 0 aromatic heterocycles. The number of nitrogens with zero attached hydrogens (tertiary/aromatic N) is 1. The third-order valence-electron chi connectivity index (χ3n) is 4.31. The van der Waals surface area contributed by atoms with Crippen molar-refractivity contribution in [2.45, 2.75) is 39.5 Å². The van der Waals surface area contributed by atoms with Crippen molar-refractivity contribution < 1.29 is 24.0 Å². The molecule has 0 unspecified atom stereocenters. The standard InChI is InChI=1S/C20H19NO5.C2H6/c1-2-7-19(23)21(13-22)26-20(24)25-12-18-16-10-5-3-8-14(16)15-9-4-6-11-17(15)18;1-2/h3-6,8-11,13,18H,2,7,12H2,1H3;1-2H3. The Bertz CT molecular complexity index is 788. The third kappa shape index (κ3) is 4.57. The Morgan fingerprint density at radius 3 is 2.04 bits per heavy atom. The van der Waals surface area contributed by atoms with E-state index in [-0.39, 0.29) is 25.4 Å². The van der Waals surface area contributed by atoms with Crippen molar-refractivity contribution in [3.63, 3.8) is 0 Å². The maximum atomic E-state index is 11.9. The van der Waals surface area contributed by atoms with Gasteiger partial charge in [0.15, 0.2) is 0 Å². The highest BCUT2D eigenvalue weighted by Crippen LogP contribution is 2.44. The molecular weight excluding hydrogens is 358 g/mol. The smallest absolute Gasteiger partial charge is 0.432 e. The van der Waals surface area contributed by atoms with Gasteiger partial charge in [-0.25, -0.2) is 4.79 Å². The van der Waals surface area contributed by atoms with Gasteiger partial charge in [0.05, 0.1) is 0 Å². The van der Waals surface area contributed by atoms with E-state index in [1.54, 1.807) is 6.92 Å². The van der Waals surface area contributed by atoms with Crippen LogP contribution in [0.1, 0.15) is 50.7 Å². The van der Waals surface area contributed by atoms with Crippen molar-refractivity contribution in [1.29, 1.82) is 0 Å². The molecule has 0 spiro atoms. The highest BCUT2D eigenvalue weighted by molar-refractivity contribution is 5.86. The molecular formula is C22H25NO5. The number of hydrogen-bond acceptors (Lipinski definition) is 5. The van der Waals surface area contributed by atoms with E-state index in [4.69, 9.17) is 9.57 Å². The van der Waals surface area contributed by atoms with E-state index in [2.05, 4.69) is 0 Å². The van der Waals surface area contributed by atoms with Gasteiger partial charge in [0.2, 0.25) is 0 Å². The van der Waals surface area contributed by atoms with E-state index in [1.165, 1.54) is 0 Å². The molecule has 0 atom stereocenters. The molecule has 3 rings (SSSR count). The molecule has 2 amide bonds. The SMILES string of the molecule is CC.CCCC(=O)N(C=O)OC(=O)OCC1c2ccccc2-c2ccccc21. The van der Waals surface area contributed by atoms with Crippen LogP contribution in [0.4, 0.5) is 4.79 Å². The van der Waals surface area contributed by atoms with Gasteiger partial charge in [-0.3, -0.25) is 14.4 Å². The third-order valence-corrected chi connectivity index (χ3v) is 4.31. The van der Waals surface area contributed by atoms with Gasteiger partial charge in [-0.1, -0.05) is 69.3 Å². The van der Waals surface area contributed by atoms with Gasteiger partial charge < -0.3 is 4.74 Å². The summed E-state index contributed by atoms with van der Waals surface area (Å²) in [7, 11) is 0. The first-order valence-corrected chi connectivity index (χ1v) is 9.46. The fourth-order valence-electron chi connectivity index (χ4n) is 3.15. The Balaban J connectivity index is 0.00000136. The molecule has 1 aliphatic rings. The average molecular weight is 383 g/mol. The average Bonchev–Trinajstić information content (AvgIpc) is 3.06. The highest BCUT2D eigenvalue weighted by Gasteiger charge is 2.29. The molecule has 2 aromatic rings. The first-order valence-electron chi connectivity index (χ1n) is 9.46. The number of hydroxylamine groups is 2. The molecule has 6 heteroatoms. The maximum Gasteiger partial charge on any atom is 0.533 e. The van der Waals surface area contributed by atoms with Crippen molar-refractivity contribution in [2.24, 2.45) is 0 Å². The molecule has 0 bridgehead atoms. The normalized spacial score (nSPS) is 11.4. The lowest BCUT2D eigenvalue weighted by Gasteiger charge is -2.16. The molecule has 0 fully saturated rings. The van der Waals surface area contributed by atoms with E-state index >= 15 is 0 Å². The number of benzene rings is 2. The minimum atomic E-state index is -1.08. The maximum absolute atomic E-state index is 11.9. The van der Waals surface area contributed by atoms with E-state index in [0.29, 0.717) is 11.5 Å². The fourth-order valence-corrected chi connectivity index (χ4v) is 3.15. The van der Waals surface area contributed by atoms with Crippen LogP contribution < -0.4 is 0 Å². The van der Waals surface area contributed by atoms with E-state index in [9.17, 15) is 14.4 Å². The number of hydrogen-bond donors (Lipinski definition) is 0. The second kappa shape index (κ2) is 10.3. The number of ether oxygens (including phenoxy) is 1. The molecule has 1 aliphatic carbocycles. The Morgan fingerprint density at radius 2 is 1.54 bits per heavy atom. The summed E-state index contributed by atoms with van der Waals surface area (Å²) >= 11 is 0. The van der Waals surface area contributed by atoms with Crippen molar-refractivity contribution >= 4 is 18.5 Å². The first-order chi connectivity index (χ1) is 13.7. The van der Waals surface area contributed by atoms with Crippen molar-refractivity contribution in [3.05, 3.63) is 59.7 Å². The van der Waals surface area contributed by atoms with Gasteiger partial charge in [0.1, 0.15) is 6.61 Å². The molecule has 28 heavy (non-hydrogen) atoms. The Hall–Kier alpha value is -3.15. The highest BCUT2D eigenvalue weighted by atomic mass is 16.8. The summed E-state index contributed by atoms with van der Waals surface area (Å²) in [5, 5.41) is 0.377. The fraction of sp³-hybridized carbons (Fsp3) is 0.318. The largest absolute Gasteiger partial charge is 0.533 e. The molecule has 6 nitrogen and oxygen atoms in total. The monoisotopic (exact) mass is 383 g/mol. The van der Waals surface area contributed by atoms with Crippen molar-refractivity contribution in [2.75, 3.05) is 6.61 Å². The summed E-state index contributed by atoms with van der Waals surface area (Å²) in [5.74, 6) is -0.706. The van der Waals surface area contributed by atoms with Crippen LogP contribution in [-0.4, -0.2) is 30.1 Å².